The topological polar surface area (TPSA) is 113 Å². The van der Waals surface area contributed by atoms with Crippen molar-refractivity contribution >= 4 is 23.4 Å². The predicted octanol–water partition coefficient (Wildman–Crippen LogP) is 1.76. The summed E-state index contributed by atoms with van der Waals surface area (Å²) in [4.78, 5) is 34.5. The van der Waals surface area contributed by atoms with Gasteiger partial charge in [0.1, 0.15) is 17.5 Å². The van der Waals surface area contributed by atoms with Gasteiger partial charge < -0.3 is 20.0 Å². The maximum Gasteiger partial charge on any atom is 0.415 e. The molecule has 4 heterocycles. The molecule has 3 atom stereocenters. The van der Waals surface area contributed by atoms with Crippen LogP contribution in [0.5, 0.6) is 0 Å². The number of aliphatic hydroxyl groups is 1. The average molecular weight is 440 g/mol. The first-order valence-electron chi connectivity index (χ1n) is 10.3. The molecule has 9 nitrogen and oxygen atoms in total. The van der Waals surface area contributed by atoms with Gasteiger partial charge in [-0.3, -0.25) is 14.7 Å². The molecule has 0 aliphatic carbocycles. The van der Waals surface area contributed by atoms with Gasteiger partial charge in [0.05, 0.1) is 24.9 Å². The van der Waals surface area contributed by atoms with E-state index in [0.29, 0.717) is 24.1 Å². The van der Waals surface area contributed by atoms with E-state index in [1.54, 1.807) is 11.1 Å². The van der Waals surface area contributed by atoms with Crippen molar-refractivity contribution in [2.24, 2.45) is 5.16 Å². The van der Waals surface area contributed by atoms with Crippen molar-refractivity contribution < 1.29 is 28.7 Å². The number of pyridine rings is 1. The number of halogens is 1. The normalized spacial score (nSPS) is 23.3. The van der Waals surface area contributed by atoms with Gasteiger partial charge in [0, 0.05) is 25.1 Å². The van der Waals surface area contributed by atoms with Crippen molar-refractivity contribution in [1.29, 1.82) is 0 Å². The molecule has 3 aliphatic rings. The second-order valence-electron chi connectivity index (χ2n) is 8.05. The SMILES string of the molecule is CC(=O)NC[C@@H]1OC(=O)N2c3ccc(-c4cnc(C5=NOC(CO)C5)c(F)c4)cc3C[C@@H]12. The van der Waals surface area contributed by atoms with Crippen LogP contribution < -0.4 is 10.2 Å². The van der Waals surface area contributed by atoms with Crippen LogP contribution in [0.25, 0.3) is 11.1 Å². The molecule has 1 aromatic carbocycles. The number of rotatable bonds is 5. The molecular weight excluding hydrogens is 419 g/mol. The molecule has 2 amide bonds. The van der Waals surface area contributed by atoms with Crippen LogP contribution in [0.1, 0.15) is 24.6 Å². The molecule has 1 saturated heterocycles. The number of benzene rings is 1. The molecular formula is C22H21FN4O5. The Morgan fingerprint density at radius 2 is 2.16 bits per heavy atom. The minimum Gasteiger partial charge on any atom is -0.442 e. The number of hydrogen-bond donors (Lipinski definition) is 2. The molecule has 166 valence electrons. The van der Waals surface area contributed by atoms with Crippen LogP contribution >= 0.6 is 0 Å². The number of anilines is 1. The highest BCUT2D eigenvalue weighted by atomic mass is 19.1. The van der Waals surface area contributed by atoms with Crippen molar-refractivity contribution in [1.82, 2.24) is 10.3 Å². The highest BCUT2D eigenvalue weighted by Crippen LogP contribution is 2.40. The summed E-state index contributed by atoms with van der Waals surface area (Å²) >= 11 is 0. The van der Waals surface area contributed by atoms with Crippen LogP contribution in [0.4, 0.5) is 14.9 Å². The monoisotopic (exact) mass is 440 g/mol. The van der Waals surface area contributed by atoms with Gasteiger partial charge in [0.2, 0.25) is 5.91 Å². The third kappa shape index (κ3) is 3.46. The van der Waals surface area contributed by atoms with E-state index in [0.717, 1.165) is 16.8 Å². The molecule has 2 aromatic rings. The Morgan fingerprint density at radius 1 is 1.31 bits per heavy atom. The lowest BCUT2D eigenvalue weighted by atomic mass is 10.00. The Bertz CT molecular complexity index is 1140. The van der Waals surface area contributed by atoms with Gasteiger partial charge in [-0.15, -0.1) is 0 Å². The summed E-state index contributed by atoms with van der Waals surface area (Å²) in [5.74, 6) is -0.708. The summed E-state index contributed by atoms with van der Waals surface area (Å²) in [5, 5.41) is 15.7. The lowest BCUT2D eigenvalue weighted by molar-refractivity contribution is -0.119. The highest BCUT2D eigenvalue weighted by Gasteiger charge is 2.47. The fourth-order valence-corrected chi connectivity index (χ4v) is 4.35. The molecule has 32 heavy (non-hydrogen) atoms. The zero-order valence-corrected chi connectivity index (χ0v) is 17.2. The third-order valence-electron chi connectivity index (χ3n) is 5.91. The number of hydrogen-bond acceptors (Lipinski definition) is 7. The Hall–Kier alpha value is -3.53. The Morgan fingerprint density at radius 3 is 2.88 bits per heavy atom. The maximum absolute atomic E-state index is 14.8. The van der Waals surface area contributed by atoms with Crippen LogP contribution in [0.2, 0.25) is 0 Å². The standard InChI is InChI=1S/C22H21FN4O5/c1-11(29)24-9-20-19-6-13-4-12(2-3-18(13)27(19)22(30)31-20)14-5-16(23)21(25-8-14)17-7-15(10-28)32-26-17/h2-5,8,15,19-20,28H,6-7,9-10H2,1H3,(H,24,29)/t15?,19-,20-/m0/s1. The molecule has 5 rings (SSSR count). The van der Waals surface area contributed by atoms with Gasteiger partial charge >= 0.3 is 6.09 Å². The second-order valence-corrected chi connectivity index (χ2v) is 8.05. The number of aliphatic hydroxyl groups excluding tert-OH is 1. The number of carbonyl (C=O) groups excluding carboxylic acids is 2. The summed E-state index contributed by atoms with van der Waals surface area (Å²) in [7, 11) is 0. The van der Waals surface area contributed by atoms with Crippen molar-refractivity contribution in [3.63, 3.8) is 0 Å². The smallest absolute Gasteiger partial charge is 0.415 e. The average Bonchev–Trinajstić information content (AvgIpc) is 3.47. The molecule has 0 saturated carbocycles. The number of nitrogens with one attached hydrogen (secondary N) is 1. The summed E-state index contributed by atoms with van der Waals surface area (Å²) in [6, 6.07) is 6.74. The molecule has 2 N–H and O–H groups in total. The van der Waals surface area contributed by atoms with E-state index in [1.165, 1.54) is 13.0 Å². The molecule has 1 aromatic heterocycles. The number of carbonyl (C=O) groups is 2. The van der Waals surface area contributed by atoms with Gasteiger partial charge in [-0.1, -0.05) is 11.2 Å². The van der Waals surface area contributed by atoms with Crippen LogP contribution in [0.15, 0.2) is 35.6 Å². The first-order valence-corrected chi connectivity index (χ1v) is 10.3. The fourth-order valence-electron chi connectivity index (χ4n) is 4.35. The molecule has 1 unspecified atom stereocenters. The third-order valence-corrected chi connectivity index (χ3v) is 5.91. The number of fused-ring (bicyclic) bond motifs is 3. The van der Waals surface area contributed by atoms with Gasteiger partial charge in [0.25, 0.3) is 0 Å². The summed E-state index contributed by atoms with van der Waals surface area (Å²) < 4.78 is 20.2. The number of oxime groups is 1. The summed E-state index contributed by atoms with van der Waals surface area (Å²) in [5.41, 5.74) is 3.54. The molecule has 1 fully saturated rings. The van der Waals surface area contributed by atoms with Gasteiger partial charge in [-0.2, -0.15) is 0 Å². The van der Waals surface area contributed by atoms with Crippen LogP contribution in [0.3, 0.4) is 0 Å². The predicted molar refractivity (Wildman–Crippen MR) is 112 cm³/mol. The molecule has 0 spiro atoms. The van der Waals surface area contributed by atoms with E-state index < -0.39 is 24.1 Å². The lowest BCUT2D eigenvalue weighted by Crippen LogP contribution is -2.40. The fraction of sp³-hybridized carbons (Fsp3) is 0.364. The van der Waals surface area contributed by atoms with Gasteiger partial charge in [0.15, 0.2) is 11.9 Å². The largest absolute Gasteiger partial charge is 0.442 e. The Labute approximate surface area is 182 Å². The molecule has 0 bridgehead atoms. The maximum atomic E-state index is 14.8. The first kappa shape index (κ1) is 20.4. The number of amides is 2. The Kier molecular flexibility index (Phi) is 5.01. The number of nitrogens with zero attached hydrogens (tertiary/aromatic N) is 3. The van der Waals surface area contributed by atoms with Crippen molar-refractivity contribution in [3.05, 3.63) is 47.5 Å². The Balaban J connectivity index is 1.38. The minimum absolute atomic E-state index is 0.107. The zero-order chi connectivity index (χ0) is 22.4. The molecule has 10 heteroatoms. The first-order chi connectivity index (χ1) is 15.4. The molecule has 0 radical (unpaired) electrons. The number of ether oxygens (including phenoxy) is 1. The highest BCUT2D eigenvalue weighted by molar-refractivity contribution is 6.00. The van der Waals surface area contributed by atoms with Crippen LogP contribution in [-0.2, 0) is 20.8 Å². The van der Waals surface area contributed by atoms with Crippen LogP contribution in [0, 0.1) is 5.82 Å². The quantitative estimate of drug-likeness (QED) is 0.733. The number of cyclic esters (lactones) is 1. The summed E-state index contributed by atoms with van der Waals surface area (Å²) in [6.07, 6.45) is 1.10. The van der Waals surface area contributed by atoms with E-state index in [1.807, 2.05) is 18.2 Å². The van der Waals surface area contributed by atoms with Crippen molar-refractivity contribution in [2.45, 2.75) is 38.0 Å². The van der Waals surface area contributed by atoms with Crippen molar-refractivity contribution in [3.8, 4) is 11.1 Å². The van der Waals surface area contributed by atoms with E-state index >= 15 is 0 Å². The number of aromatic nitrogens is 1. The van der Waals surface area contributed by atoms with E-state index in [4.69, 9.17) is 14.7 Å². The summed E-state index contributed by atoms with van der Waals surface area (Å²) in [6.45, 7) is 1.48. The van der Waals surface area contributed by atoms with E-state index in [-0.39, 0.29) is 30.8 Å². The second kappa shape index (κ2) is 7.86. The van der Waals surface area contributed by atoms with Gasteiger partial charge in [-0.05, 0) is 35.7 Å². The van der Waals surface area contributed by atoms with Crippen LogP contribution in [-0.4, -0.2) is 59.2 Å². The van der Waals surface area contributed by atoms with Crippen molar-refractivity contribution in [2.75, 3.05) is 18.1 Å². The van der Waals surface area contributed by atoms with E-state index in [9.17, 15) is 14.0 Å². The van der Waals surface area contributed by atoms with E-state index in [2.05, 4.69) is 15.5 Å². The zero-order valence-electron chi connectivity index (χ0n) is 17.2. The van der Waals surface area contributed by atoms with Gasteiger partial charge in [-0.25, -0.2) is 9.18 Å². The lowest BCUT2D eigenvalue weighted by Gasteiger charge is -2.16. The minimum atomic E-state index is -0.525. The molecule has 3 aliphatic heterocycles.